The van der Waals surface area contributed by atoms with E-state index in [9.17, 15) is 0 Å². The molecule has 0 saturated heterocycles. The van der Waals surface area contributed by atoms with Crippen molar-refractivity contribution in [2.75, 3.05) is 0 Å². The first-order chi connectivity index (χ1) is 7.25. The zero-order valence-electron chi connectivity index (χ0n) is 9.79. The Morgan fingerprint density at radius 3 is 2.40 bits per heavy atom. The van der Waals surface area contributed by atoms with E-state index in [0.717, 1.165) is 5.92 Å². The molecule has 1 aliphatic rings. The van der Waals surface area contributed by atoms with Gasteiger partial charge in [-0.3, -0.25) is 0 Å². The van der Waals surface area contributed by atoms with Crippen LogP contribution in [0, 0.1) is 0 Å². The van der Waals surface area contributed by atoms with Crippen LogP contribution in [-0.4, -0.2) is 0 Å². The number of benzene rings is 1. The molecule has 1 aromatic rings. The second-order valence-corrected chi connectivity index (χ2v) is 4.84. The lowest BCUT2D eigenvalue weighted by molar-refractivity contribution is 0.983. The molecule has 15 heavy (non-hydrogen) atoms. The third-order valence-corrected chi connectivity index (χ3v) is 3.01. The zero-order valence-corrected chi connectivity index (χ0v) is 9.79. The Morgan fingerprint density at radius 1 is 1.20 bits per heavy atom. The highest BCUT2D eigenvalue weighted by Gasteiger charge is 2.22. The highest BCUT2D eigenvalue weighted by Crippen LogP contribution is 2.39. The quantitative estimate of drug-likeness (QED) is 0.629. The molecule has 1 saturated carbocycles. The summed E-state index contributed by atoms with van der Waals surface area (Å²) in [4.78, 5) is 0. The van der Waals surface area contributed by atoms with Gasteiger partial charge >= 0.3 is 0 Å². The summed E-state index contributed by atoms with van der Waals surface area (Å²) < 4.78 is 0. The molecule has 0 unspecified atom stereocenters. The zero-order chi connectivity index (χ0) is 10.7. The number of hydrogen-bond acceptors (Lipinski definition) is 0. The molecule has 0 aromatic heterocycles. The van der Waals surface area contributed by atoms with Gasteiger partial charge in [0, 0.05) is 0 Å². The summed E-state index contributed by atoms with van der Waals surface area (Å²) >= 11 is 0. The van der Waals surface area contributed by atoms with Crippen LogP contribution in [0.4, 0.5) is 0 Å². The maximum Gasteiger partial charge on any atom is -0.0162 e. The fourth-order valence-corrected chi connectivity index (χ4v) is 1.90. The van der Waals surface area contributed by atoms with Crippen molar-refractivity contribution in [3.63, 3.8) is 0 Å². The Hall–Kier alpha value is -1.04. The average Bonchev–Trinajstić information content (AvgIpc) is 3.02. The second kappa shape index (κ2) is 4.65. The molecule has 0 heteroatoms. The van der Waals surface area contributed by atoms with Crippen LogP contribution < -0.4 is 0 Å². The van der Waals surface area contributed by atoms with E-state index in [1.807, 2.05) is 0 Å². The van der Waals surface area contributed by atoms with Crippen molar-refractivity contribution in [2.45, 2.75) is 45.4 Å². The fourth-order valence-electron chi connectivity index (χ4n) is 1.90. The van der Waals surface area contributed by atoms with Crippen LogP contribution in [0.2, 0.25) is 0 Å². The summed E-state index contributed by atoms with van der Waals surface area (Å²) in [6.07, 6.45) is 7.46. The summed E-state index contributed by atoms with van der Waals surface area (Å²) in [5, 5.41) is 0. The molecule has 0 nitrogen and oxygen atoms in total. The molecule has 0 bridgehead atoms. The van der Waals surface area contributed by atoms with Crippen molar-refractivity contribution in [1.82, 2.24) is 0 Å². The Labute approximate surface area is 93.0 Å². The summed E-state index contributed by atoms with van der Waals surface area (Å²) in [5.74, 6) is 0.886. The van der Waals surface area contributed by atoms with Crippen molar-refractivity contribution in [3.8, 4) is 0 Å². The van der Waals surface area contributed by atoms with Crippen molar-refractivity contribution < 1.29 is 0 Å². The van der Waals surface area contributed by atoms with E-state index < -0.39 is 0 Å². The van der Waals surface area contributed by atoms with Gasteiger partial charge in [-0.15, -0.1) is 0 Å². The standard InChI is InChI=1S/C15H20/c1-12(2)4-3-5-13-6-8-14(9-7-13)15-10-11-15/h4,6-9,15H,3,5,10-11H2,1-2H3. The van der Waals surface area contributed by atoms with E-state index in [-0.39, 0.29) is 0 Å². The Bertz CT molecular complexity index is 335. The van der Waals surface area contributed by atoms with Gasteiger partial charge in [-0.25, -0.2) is 0 Å². The maximum absolute atomic E-state index is 2.31. The van der Waals surface area contributed by atoms with Crippen LogP contribution in [0.15, 0.2) is 35.9 Å². The van der Waals surface area contributed by atoms with Crippen molar-refractivity contribution in [3.05, 3.63) is 47.0 Å². The molecule has 2 rings (SSSR count). The molecular weight excluding hydrogens is 180 g/mol. The number of hydrogen-bond donors (Lipinski definition) is 0. The predicted octanol–water partition coefficient (Wildman–Crippen LogP) is 4.46. The summed E-state index contributed by atoms with van der Waals surface area (Å²) in [5.41, 5.74) is 4.43. The van der Waals surface area contributed by atoms with Crippen LogP contribution in [0.1, 0.15) is 50.2 Å². The van der Waals surface area contributed by atoms with E-state index in [4.69, 9.17) is 0 Å². The van der Waals surface area contributed by atoms with E-state index in [2.05, 4.69) is 44.2 Å². The lowest BCUT2D eigenvalue weighted by Crippen LogP contribution is -1.85. The first-order valence-electron chi connectivity index (χ1n) is 5.98. The molecule has 0 amide bonds. The smallest absolute Gasteiger partial charge is 0.0162 e. The second-order valence-electron chi connectivity index (χ2n) is 4.84. The molecule has 0 radical (unpaired) electrons. The minimum atomic E-state index is 0.886. The average molecular weight is 200 g/mol. The molecule has 0 N–H and O–H groups in total. The third-order valence-electron chi connectivity index (χ3n) is 3.01. The van der Waals surface area contributed by atoms with Crippen molar-refractivity contribution in [1.29, 1.82) is 0 Å². The Morgan fingerprint density at radius 2 is 1.87 bits per heavy atom. The highest BCUT2D eigenvalue weighted by molar-refractivity contribution is 5.28. The van der Waals surface area contributed by atoms with Gasteiger partial charge in [0.25, 0.3) is 0 Å². The first kappa shape index (κ1) is 10.5. The largest absolute Gasteiger partial charge is 0.0856 e. The van der Waals surface area contributed by atoms with Crippen molar-refractivity contribution >= 4 is 0 Å². The van der Waals surface area contributed by atoms with Gasteiger partial charge in [0.2, 0.25) is 0 Å². The van der Waals surface area contributed by atoms with Gasteiger partial charge in [0.05, 0.1) is 0 Å². The molecule has 0 atom stereocenters. The summed E-state index contributed by atoms with van der Waals surface area (Å²) in [6.45, 7) is 4.33. The van der Waals surface area contributed by atoms with Crippen LogP contribution >= 0.6 is 0 Å². The molecule has 1 aromatic carbocycles. The SMILES string of the molecule is CC(C)=CCCc1ccc(C2CC2)cc1. The van der Waals surface area contributed by atoms with Gasteiger partial charge in [-0.05, 0) is 56.6 Å². The third kappa shape index (κ3) is 3.23. The maximum atomic E-state index is 2.31. The molecular formula is C15H20. The summed E-state index contributed by atoms with van der Waals surface area (Å²) in [6, 6.07) is 9.23. The molecule has 0 heterocycles. The van der Waals surface area contributed by atoms with Gasteiger partial charge in [-0.2, -0.15) is 0 Å². The van der Waals surface area contributed by atoms with Gasteiger partial charge in [-0.1, -0.05) is 35.9 Å². The molecule has 1 fully saturated rings. The van der Waals surface area contributed by atoms with Crippen LogP contribution in [-0.2, 0) is 6.42 Å². The number of aryl methyl sites for hydroxylation is 1. The van der Waals surface area contributed by atoms with E-state index in [1.165, 1.54) is 36.8 Å². The minimum absolute atomic E-state index is 0.886. The number of allylic oxidation sites excluding steroid dienone is 2. The monoisotopic (exact) mass is 200 g/mol. The minimum Gasteiger partial charge on any atom is -0.0856 e. The van der Waals surface area contributed by atoms with Gasteiger partial charge in [0.15, 0.2) is 0 Å². The van der Waals surface area contributed by atoms with E-state index in [1.54, 1.807) is 5.56 Å². The predicted molar refractivity (Wildman–Crippen MR) is 66.2 cm³/mol. The van der Waals surface area contributed by atoms with Crippen LogP contribution in [0.3, 0.4) is 0 Å². The topological polar surface area (TPSA) is 0 Å². The van der Waals surface area contributed by atoms with E-state index in [0.29, 0.717) is 0 Å². The Kier molecular flexibility index (Phi) is 3.25. The van der Waals surface area contributed by atoms with Crippen molar-refractivity contribution in [2.24, 2.45) is 0 Å². The normalized spacial score (nSPS) is 15.1. The Balaban J connectivity index is 1.89. The number of rotatable bonds is 4. The first-order valence-corrected chi connectivity index (χ1v) is 5.98. The lowest BCUT2D eigenvalue weighted by Gasteiger charge is -2.01. The lowest BCUT2D eigenvalue weighted by atomic mass is 10.0. The molecule has 0 spiro atoms. The van der Waals surface area contributed by atoms with Gasteiger partial charge < -0.3 is 0 Å². The fraction of sp³-hybridized carbons (Fsp3) is 0.467. The van der Waals surface area contributed by atoms with Crippen LogP contribution in [0.5, 0.6) is 0 Å². The molecule has 0 aliphatic heterocycles. The summed E-state index contributed by atoms with van der Waals surface area (Å²) in [7, 11) is 0. The molecule has 1 aliphatic carbocycles. The van der Waals surface area contributed by atoms with Crippen LogP contribution in [0.25, 0.3) is 0 Å². The highest BCUT2D eigenvalue weighted by atomic mass is 14.3. The van der Waals surface area contributed by atoms with E-state index >= 15 is 0 Å². The van der Waals surface area contributed by atoms with Gasteiger partial charge in [0.1, 0.15) is 0 Å². The molecule has 80 valence electrons.